The highest BCUT2D eigenvalue weighted by Crippen LogP contribution is 2.26. The van der Waals surface area contributed by atoms with E-state index in [1.54, 1.807) is 16.8 Å². The molecule has 1 amide bonds. The van der Waals surface area contributed by atoms with E-state index in [0.717, 1.165) is 10.6 Å². The standard InChI is InChI=1S/C19H15N5O2S/c1-12(25)21-13-7-9-15(10-8-13)27-19-22-17-16(18(26)23-19)11-20-24(17)14-5-3-2-4-6-14/h2-11H,1H3,(H,21,25)(H,22,23,26). The number of H-pyrrole nitrogens is 1. The molecule has 0 atom stereocenters. The van der Waals surface area contributed by atoms with Gasteiger partial charge in [-0.05, 0) is 36.4 Å². The van der Waals surface area contributed by atoms with Crippen molar-refractivity contribution in [1.29, 1.82) is 0 Å². The Labute approximate surface area is 158 Å². The number of fused-ring (bicyclic) bond motifs is 1. The molecule has 0 aliphatic rings. The Morgan fingerprint density at radius 1 is 1.11 bits per heavy atom. The van der Waals surface area contributed by atoms with Gasteiger partial charge in [0.1, 0.15) is 5.39 Å². The lowest BCUT2D eigenvalue weighted by Gasteiger charge is -2.05. The van der Waals surface area contributed by atoms with Crippen LogP contribution in [-0.2, 0) is 4.79 Å². The number of para-hydroxylation sites is 1. The summed E-state index contributed by atoms with van der Waals surface area (Å²) in [5.41, 5.74) is 1.81. The molecule has 0 fully saturated rings. The molecule has 2 N–H and O–H groups in total. The molecule has 0 saturated carbocycles. The molecule has 4 rings (SSSR count). The number of amides is 1. The quantitative estimate of drug-likeness (QED) is 0.533. The molecule has 0 radical (unpaired) electrons. The van der Waals surface area contributed by atoms with E-state index in [4.69, 9.17) is 0 Å². The smallest absolute Gasteiger partial charge is 0.262 e. The molecular formula is C19H15N5O2S. The summed E-state index contributed by atoms with van der Waals surface area (Å²) in [6, 6.07) is 16.9. The third-order valence-corrected chi connectivity index (χ3v) is 4.70. The molecule has 0 unspecified atom stereocenters. The predicted octanol–water partition coefficient (Wildman–Crippen LogP) is 3.22. The normalized spacial score (nSPS) is 10.9. The zero-order chi connectivity index (χ0) is 18.8. The average Bonchev–Trinajstić information content (AvgIpc) is 3.08. The van der Waals surface area contributed by atoms with E-state index in [9.17, 15) is 9.59 Å². The van der Waals surface area contributed by atoms with E-state index >= 15 is 0 Å². The molecule has 0 aliphatic carbocycles. The minimum Gasteiger partial charge on any atom is -0.326 e. The zero-order valence-corrected chi connectivity index (χ0v) is 15.2. The molecule has 27 heavy (non-hydrogen) atoms. The molecule has 8 heteroatoms. The van der Waals surface area contributed by atoms with Crippen molar-refractivity contribution in [1.82, 2.24) is 19.7 Å². The van der Waals surface area contributed by atoms with Crippen LogP contribution in [0.1, 0.15) is 6.92 Å². The highest BCUT2D eigenvalue weighted by molar-refractivity contribution is 7.99. The SMILES string of the molecule is CC(=O)Nc1ccc(Sc2nc3c(cnn3-c3ccccc3)c(=O)[nH]2)cc1. The molecule has 0 aliphatic heterocycles. The maximum atomic E-state index is 12.4. The molecule has 0 spiro atoms. The zero-order valence-electron chi connectivity index (χ0n) is 14.3. The molecule has 4 aromatic rings. The Morgan fingerprint density at radius 3 is 2.56 bits per heavy atom. The first kappa shape index (κ1) is 17.0. The number of carbonyl (C=O) groups is 1. The second-order valence-electron chi connectivity index (χ2n) is 5.81. The molecule has 7 nitrogen and oxygen atoms in total. The van der Waals surface area contributed by atoms with E-state index < -0.39 is 0 Å². The molecule has 0 bridgehead atoms. The Kier molecular flexibility index (Phi) is 4.47. The summed E-state index contributed by atoms with van der Waals surface area (Å²) in [6.07, 6.45) is 1.52. The van der Waals surface area contributed by atoms with Gasteiger partial charge in [-0.2, -0.15) is 5.10 Å². The van der Waals surface area contributed by atoms with Gasteiger partial charge in [-0.15, -0.1) is 0 Å². The maximum absolute atomic E-state index is 12.4. The lowest BCUT2D eigenvalue weighted by molar-refractivity contribution is -0.114. The first-order chi connectivity index (χ1) is 13.1. The van der Waals surface area contributed by atoms with E-state index in [0.29, 0.717) is 21.9 Å². The van der Waals surface area contributed by atoms with Crippen LogP contribution in [0.4, 0.5) is 5.69 Å². The fourth-order valence-corrected chi connectivity index (χ4v) is 3.40. The number of hydrogen-bond acceptors (Lipinski definition) is 5. The number of aromatic nitrogens is 4. The summed E-state index contributed by atoms with van der Waals surface area (Å²) >= 11 is 1.33. The number of carbonyl (C=O) groups excluding carboxylic acids is 1. The van der Waals surface area contributed by atoms with Crippen molar-refractivity contribution < 1.29 is 4.79 Å². The van der Waals surface area contributed by atoms with Crippen LogP contribution in [0.5, 0.6) is 0 Å². The van der Waals surface area contributed by atoms with Crippen molar-refractivity contribution in [2.75, 3.05) is 5.32 Å². The minimum absolute atomic E-state index is 0.124. The minimum atomic E-state index is -0.237. The summed E-state index contributed by atoms with van der Waals surface area (Å²) in [4.78, 5) is 31.7. The van der Waals surface area contributed by atoms with Crippen LogP contribution in [0.15, 0.2) is 75.6 Å². The van der Waals surface area contributed by atoms with Crippen LogP contribution in [0.25, 0.3) is 16.7 Å². The Balaban J connectivity index is 1.68. The second-order valence-corrected chi connectivity index (χ2v) is 6.87. The monoisotopic (exact) mass is 377 g/mol. The van der Waals surface area contributed by atoms with E-state index in [1.807, 2.05) is 42.5 Å². The number of nitrogens with one attached hydrogen (secondary N) is 2. The fraction of sp³-hybridized carbons (Fsp3) is 0.0526. The Morgan fingerprint density at radius 2 is 1.85 bits per heavy atom. The maximum Gasteiger partial charge on any atom is 0.262 e. The molecule has 2 aromatic heterocycles. The summed E-state index contributed by atoms with van der Waals surface area (Å²) in [5, 5.41) is 7.92. The van der Waals surface area contributed by atoms with Crippen molar-refractivity contribution in [3.05, 3.63) is 71.1 Å². The van der Waals surface area contributed by atoms with Gasteiger partial charge < -0.3 is 10.3 Å². The highest BCUT2D eigenvalue weighted by atomic mass is 32.2. The lowest BCUT2D eigenvalue weighted by atomic mass is 10.3. The number of rotatable bonds is 4. The first-order valence-electron chi connectivity index (χ1n) is 8.19. The van der Waals surface area contributed by atoms with Crippen molar-refractivity contribution in [3.63, 3.8) is 0 Å². The molecule has 134 valence electrons. The number of aromatic amines is 1. The van der Waals surface area contributed by atoms with Gasteiger partial charge in [0, 0.05) is 17.5 Å². The van der Waals surface area contributed by atoms with Gasteiger partial charge in [-0.3, -0.25) is 9.59 Å². The molecule has 0 saturated heterocycles. The summed E-state index contributed by atoms with van der Waals surface area (Å²) in [7, 11) is 0. The van der Waals surface area contributed by atoms with Crippen LogP contribution in [-0.4, -0.2) is 25.7 Å². The third kappa shape index (κ3) is 3.61. The number of hydrogen-bond donors (Lipinski definition) is 2. The Bertz CT molecular complexity index is 1170. The molecule has 2 aromatic carbocycles. The van der Waals surface area contributed by atoms with Gasteiger partial charge in [0.2, 0.25) is 5.91 Å². The fourth-order valence-electron chi connectivity index (χ4n) is 2.63. The topological polar surface area (TPSA) is 92.7 Å². The van der Waals surface area contributed by atoms with Gasteiger partial charge in [0.25, 0.3) is 5.56 Å². The van der Waals surface area contributed by atoms with Crippen molar-refractivity contribution in [2.45, 2.75) is 17.0 Å². The van der Waals surface area contributed by atoms with Gasteiger partial charge in [-0.25, -0.2) is 9.67 Å². The van der Waals surface area contributed by atoms with Crippen molar-refractivity contribution in [2.24, 2.45) is 0 Å². The van der Waals surface area contributed by atoms with Gasteiger partial charge >= 0.3 is 0 Å². The van der Waals surface area contributed by atoms with E-state index in [1.165, 1.54) is 24.9 Å². The van der Waals surface area contributed by atoms with Gasteiger partial charge in [-0.1, -0.05) is 30.0 Å². The second kappa shape index (κ2) is 7.08. The van der Waals surface area contributed by atoms with Gasteiger partial charge in [0.05, 0.1) is 11.9 Å². The number of nitrogens with zero attached hydrogens (tertiary/aromatic N) is 3. The Hall–Kier alpha value is -3.39. The van der Waals surface area contributed by atoms with Crippen LogP contribution in [0.2, 0.25) is 0 Å². The first-order valence-corrected chi connectivity index (χ1v) is 9.01. The predicted molar refractivity (Wildman–Crippen MR) is 104 cm³/mol. The lowest BCUT2D eigenvalue weighted by Crippen LogP contribution is -2.09. The third-order valence-electron chi connectivity index (χ3n) is 3.81. The largest absolute Gasteiger partial charge is 0.326 e. The molecule has 2 heterocycles. The number of benzene rings is 2. The van der Waals surface area contributed by atoms with Crippen molar-refractivity contribution >= 4 is 34.4 Å². The molecular weight excluding hydrogens is 362 g/mol. The highest BCUT2D eigenvalue weighted by Gasteiger charge is 2.12. The van der Waals surface area contributed by atoms with E-state index in [-0.39, 0.29) is 11.5 Å². The summed E-state index contributed by atoms with van der Waals surface area (Å²) < 4.78 is 1.65. The van der Waals surface area contributed by atoms with Gasteiger partial charge in [0.15, 0.2) is 10.8 Å². The van der Waals surface area contributed by atoms with E-state index in [2.05, 4.69) is 20.4 Å². The van der Waals surface area contributed by atoms with Crippen LogP contribution in [0, 0.1) is 0 Å². The average molecular weight is 377 g/mol. The van der Waals surface area contributed by atoms with Crippen LogP contribution < -0.4 is 10.9 Å². The summed E-state index contributed by atoms with van der Waals surface area (Å²) in [5.74, 6) is -0.124. The number of anilines is 1. The van der Waals surface area contributed by atoms with Crippen LogP contribution in [0.3, 0.4) is 0 Å². The van der Waals surface area contributed by atoms with Crippen molar-refractivity contribution in [3.8, 4) is 5.69 Å². The van der Waals surface area contributed by atoms with Crippen LogP contribution >= 0.6 is 11.8 Å². The summed E-state index contributed by atoms with van der Waals surface area (Å²) in [6.45, 7) is 1.46.